The van der Waals surface area contributed by atoms with Gasteiger partial charge in [-0.05, 0) is 59.2 Å². The Kier molecular flexibility index (Phi) is 8.10. The van der Waals surface area contributed by atoms with Crippen molar-refractivity contribution in [3.05, 3.63) is 102 Å². The van der Waals surface area contributed by atoms with E-state index in [0.29, 0.717) is 33.5 Å². The number of carbonyl (C=O) groups is 1. The minimum absolute atomic E-state index is 0.167. The average Bonchev–Trinajstić information content (AvgIpc) is 3.60. The molecule has 41 heavy (non-hydrogen) atoms. The van der Waals surface area contributed by atoms with Crippen LogP contribution in [0.25, 0.3) is 27.9 Å². The number of rotatable bonds is 9. The van der Waals surface area contributed by atoms with E-state index < -0.39 is 35.9 Å². The third-order valence-electron chi connectivity index (χ3n) is 6.52. The topological polar surface area (TPSA) is 143 Å². The Hall–Kier alpha value is -4.21. The molecule has 1 atom stereocenters. The molecule has 1 unspecified atom stereocenters. The highest BCUT2D eigenvalue weighted by Gasteiger charge is 2.24. The molecule has 0 fully saturated rings. The van der Waals surface area contributed by atoms with E-state index in [-0.39, 0.29) is 29.7 Å². The lowest BCUT2D eigenvalue weighted by Gasteiger charge is -2.25. The highest BCUT2D eigenvalue weighted by Crippen LogP contribution is 2.33. The third kappa shape index (κ3) is 5.82. The summed E-state index contributed by atoms with van der Waals surface area (Å²) in [5.74, 6) is -1.76. The Morgan fingerprint density at radius 2 is 1.88 bits per heavy atom. The maximum atomic E-state index is 14.3. The number of amides is 1. The first-order valence-corrected chi connectivity index (χ1v) is 13.2. The molecule has 0 spiro atoms. The first kappa shape index (κ1) is 28.3. The van der Waals surface area contributed by atoms with Gasteiger partial charge in [0.25, 0.3) is 5.91 Å². The molecule has 1 amide bonds. The minimum Gasteiger partial charge on any atom is -0.760 e. The van der Waals surface area contributed by atoms with E-state index in [1.165, 1.54) is 60.5 Å². The lowest BCUT2D eigenvalue weighted by molar-refractivity contribution is 0.0965. The van der Waals surface area contributed by atoms with Crippen LogP contribution in [0, 0.1) is 11.6 Å². The monoisotopic (exact) mass is 579 g/mol. The van der Waals surface area contributed by atoms with E-state index in [2.05, 4.69) is 10.4 Å². The molecule has 210 valence electrons. The first-order chi connectivity index (χ1) is 19.7. The molecule has 10 nitrogen and oxygen atoms in total. The largest absolute Gasteiger partial charge is 0.760 e. The number of furan rings is 1. The van der Waals surface area contributed by atoms with Gasteiger partial charge in [-0.3, -0.25) is 9.00 Å². The molecule has 3 heterocycles. The Bertz CT molecular complexity index is 1750. The van der Waals surface area contributed by atoms with E-state index in [0.717, 1.165) is 10.4 Å². The quantitative estimate of drug-likeness (QED) is 0.180. The van der Waals surface area contributed by atoms with Crippen LogP contribution in [0.2, 0.25) is 0 Å². The van der Waals surface area contributed by atoms with Crippen molar-refractivity contribution in [3.8, 4) is 22.4 Å². The van der Waals surface area contributed by atoms with Gasteiger partial charge in [0.2, 0.25) is 0 Å². The van der Waals surface area contributed by atoms with Gasteiger partial charge in [0.05, 0.1) is 23.6 Å². The zero-order valence-corrected chi connectivity index (χ0v) is 22.3. The van der Waals surface area contributed by atoms with Gasteiger partial charge in [-0.2, -0.15) is 5.10 Å². The second kappa shape index (κ2) is 11.7. The predicted octanol–water partition coefficient (Wildman–Crippen LogP) is 2.38. The number of nitrogens with zero attached hydrogens (tertiary/aromatic N) is 3. The van der Waals surface area contributed by atoms with Crippen LogP contribution in [0.1, 0.15) is 21.5 Å². The molecule has 0 aliphatic heterocycles. The van der Waals surface area contributed by atoms with Gasteiger partial charge >= 0.3 is 7.12 Å². The summed E-state index contributed by atoms with van der Waals surface area (Å²) in [6, 6.07) is 12.5. The van der Waals surface area contributed by atoms with Crippen molar-refractivity contribution in [3.63, 3.8) is 0 Å². The summed E-state index contributed by atoms with van der Waals surface area (Å²) in [5.41, 5.74) is 3.05. The van der Waals surface area contributed by atoms with Gasteiger partial charge in [-0.15, -0.1) is 0 Å². The SMILES string of the molecule is CNC(=O)c1c(-c2ccc(F)cc2)nn2cc(CN(Cc3ccc(B(O)O)c(F)c3)S(=O)[O-])c(-c3ccoc3)cc12. The third-order valence-corrected chi connectivity index (χ3v) is 7.20. The van der Waals surface area contributed by atoms with Crippen molar-refractivity contribution >= 4 is 35.3 Å². The summed E-state index contributed by atoms with van der Waals surface area (Å²) in [6.45, 7) is -0.388. The lowest BCUT2D eigenvalue weighted by Crippen LogP contribution is -2.33. The van der Waals surface area contributed by atoms with Gasteiger partial charge in [-0.1, -0.05) is 12.1 Å². The molecular weight excluding hydrogens is 557 g/mol. The number of hydrogen-bond acceptors (Lipinski definition) is 7. The lowest BCUT2D eigenvalue weighted by atomic mass is 9.79. The van der Waals surface area contributed by atoms with Crippen LogP contribution in [0.15, 0.2) is 77.7 Å². The predicted molar refractivity (Wildman–Crippen MR) is 146 cm³/mol. The van der Waals surface area contributed by atoms with Crippen LogP contribution >= 0.6 is 0 Å². The van der Waals surface area contributed by atoms with Crippen molar-refractivity contribution in [2.24, 2.45) is 0 Å². The van der Waals surface area contributed by atoms with Crippen molar-refractivity contribution < 1.29 is 36.8 Å². The Morgan fingerprint density at radius 3 is 2.49 bits per heavy atom. The van der Waals surface area contributed by atoms with Gasteiger partial charge in [0.15, 0.2) is 0 Å². The standard InChI is InChI=1S/C27H23BF2N4O6S/c1-31-27(35)25-24-11-21(18-8-9-40-15-18)19(14-34(24)32-26(25)17-3-5-20(29)6-4-17)13-33(41(38)39)12-16-2-7-22(28(36)37)23(30)10-16/h2-11,14-15,36-37H,12-13H2,1H3,(H,31,35)(H,38,39)/p-1. The minimum atomic E-state index is -2.74. The van der Waals surface area contributed by atoms with E-state index in [4.69, 9.17) is 4.42 Å². The molecule has 0 bridgehead atoms. The van der Waals surface area contributed by atoms with Crippen LogP contribution in [0.5, 0.6) is 0 Å². The zero-order chi connectivity index (χ0) is 29.3. The molecule has 3 N–H and O–H groups in total. The van der Waals surface area contributed by atoms with Crippen molar-refractivity contribution in [1.82, 2.24) is 19.2 Å². The summed E-state index contributed by atoms with van der Waals surface area (Å²) >= 11 is -2.74. The van der Waals surface area contributed by atoms with Crippen LogP contribution in [-0.4, -0.2) is 52.8 Å². The smallest absolute Gasteiger partial charge is 0.491 e. The molecule has 5 rings (SSSR count). The van der Waals surface area contributed by atoms with Gasteiger partial charge in [0.1, 0.15) is 17.3 Å². The number of halogens is 2. The normalized spacial score (nSPS) is 12.2. The molecule has 0 aliphatic rings. The highest BCUT2D eigenvalue weighted by molar-refractivity contribution is 7.76. The Balaban J connectivity index is 1.62. The average molecular weight is 579 g/mol. The molecule has 0 radical (unpaired) electrons. The van der Waals surface area contributed by atoms with Gasteiger partial charge in [-0.25, -0.2) is 17.6 Å². The van der Waals surface area contributed by atoms with Crippen LogP contribution in [-0.2, 0) is 24.4 Å². The molecule has 5 aromatic rings. The maximum Gasteiger partial charge on any atom is 0.491 e. The van der Waals surface area contributed by atoms with E-state index in [1.54, 1.807) is 18.3 Å². The van der Waals surface area contributed by atoms with E-state index in [9.17, 15) is 32.4 Å². The van der Waals surface area contributed by atoms with Crippen LogP contribution < -0.4 is 10.8 Å². The molecule has 14 heteroatoms. The highest BCUT2D eigenvalue weighted by atomic mass is 32.2. The Labute approximate surface area is 235 Å². The number of benzene rings is 2. The molecule has 2 aromatic carbocycles. The summed E-state index contributed by atoms with van der Waals surface area (Å²) in [4.78, 5) is 13.0. The van der Waals surface area contributed by atoms with Gasteiger partial charge in [0, 0.05) is 54.2 Å². The molecular formula is C27H22BF2N4O6S-. The zero-order valence-electron chi connectivity index (χ0n) is 21.5. The van der Waals surface area contributed by atoms with Crippen molar-refractivity contribution in [2.45, 2.75) is 13.1 Å². The summed E-state index contributed by atoms with van der Waals surface area (Å²) in [5, 5.41) is 25.7. The second-order valence-corrected chi connectivity index (χ2v) is 10.1. The van der Waals surface area contributed by atoms with Crippen LogP contribution in [0.3, 0.4) is 0 Å². The number of pyridine rings is 1. The summed E-state index contributed by atoms with van der Waals surface area (Å²) in [6.07, 6.45) is 4.51. The number of carbonyl (C=O) groups excluding carboxylic acids is 1. The number of fused-ring (bicyclic) bond motifs is 1. The molecule has 0 aliphatic carbocycles. The first-order valence-electron chi connectivity index (χ1n) is 12.2. The fourth-order valence-corrected chi connectivity index (χ4v) is 5.03. The number of nitrogens with one attached hydrogen (secondary N) is 1. The van der Waals surface area contributed by atoms with Gasteiger partial charge < -0.3 is 24.3 Å². The summed E-state index contributed by atoms with van der Waals surface area (Å²) < 4.78 is 60.2. The fraction of sp³-hybridized carbons (Fsp3) is 0.111. The molecule has 3 aromatic heterocycles. The number of aromatic nitrogens is 2. The van der Waals surface area contributed by atoms with E-state index in [1.807, 2.05) is 0 Å². The Morgan fingerprint density at radius 1 is 1.12 bits per heavy atom. The van der Waals surface area contributed by atoms with Crippen LogP contribution in [0.4, 0.5) is 8.78 Å². The van der Waals surface area contributed by atoms with Crippen molar-refractivity contribution in [1.29, 1.82) is 0 Å². The maximum absolute atomic E-state index is 14.3. The second-order valence-electron chi connectivity index (χ2n) is 9.11. The molecule has 0 saturated heterocycles. The number of hydrogen-bond donors (Lipinski definition) is 3. The van der Waals surface area contributed by atoms with Crippen molar-refractivity contribution in [2.75, 3.05) is 7.05 Å². The van der Waals surface area contributed by atoms with E-state index >= 15 is 0 Å². The fourth-order valence-electron chi connectivity index (χ4n) is 4.54. The summed E-state index contributed by atoms with van der Waals surface area (Å²) in [7, 11) is -0.532. The molecule has 0 saturated carbocycles.